The minimum Gasteiger partial charge on any atom is -0.393 e. The Labute approximate surface area is 171 Å². The highest BCUT2D eigenvalue weighted by Crippen LogP contribution is 2.35. The third-order valence-electron chi connectivity index (χ3n) is 5.43. The van der Waals surface area contributed by atoms with Gasteiger partial charge in [0.2, 0.25) is 5.95 Å². The normalized spacial score (nSPS) is 18.5. The van der Waals surface area contributed by atoms with Gasteiger partial charge in [-0.2, -0.15) is 0 Å². The van der Waals surface area contributed by atoms with Crippen molar-refractivity contribution < 1.29 is 19.7 Å². The first kappa shape index (κ1) is 19.1. The van der Waals surface area contributed by atoms with Gasteiger partial charge >= 0.3 is 0 Å². The Morgan fingerprint density at radius 1 is 1.00 bits per heavy atom. The molecule has 0 unspecified atom stereocenters. The van der Waals surface area contributed by atoms with Crippen molar-refractivity contribution in [3.63, 3.8) is 0 Å². The second kappa shape index (κ2) is 7.40. The van der Waals surface area contributed by atoms with Crippen molar-refractivity contribution in [3.8, 4) is 11.4 Å². The van der Waals surface area contributed by atoms with Gasteiger partial charge in [-0.25, -0.2) is 24.9 Å². The average Bonchev–Trinajstić information content (AvgIpc) is 3.19. The maximum Gasteiger partial charge on any atom is 0.219 e. The van der Waals surface area contributed by atoms with E-state index >= 15 is 0 Å². The van der Waals surface area contributed by atoms with Gasteiger partial charge < -0.3 is 34.9 Å². The van der Waals surface area contributed by atoms with E-state index in [2.05, 4.69) is 14.9 Å². The highest BCUT2D eigenvalue weighted by molar-refractivity contribution is 5.86. The van der Waals surface area contributed by atoms with E-state index in [-0.39, 0.29) is 5.95 Å². The largest absolute Gasteiger partial charge is 0.393 e. The predicted molar refractivity (Wildman–Crippen MR) is 106 cm³/mol. The Hall–Kier alpha value is -2.93. The molecule has 12 nitrogen and oxygen atoms in total. The third kappa shape index (κ3) is 2.96. The van der Waals surface area contributed by atoms with E-state index in [1.165, 1.54) is 0 Å². The number of aliphatic hydroxyl groups excluding tert-OH is 2. The molecule has 3 aromatic rings. The zero-order chi connectivity index (χ0) is 20.7. The fraction of sp³-hybridized carbons (Fsp3) is 0.500. The van der Waals surface area contributed by atoms with Crippen LogP contribution in [0.5, 0.6) is 0 Å². The molecule has 5 rings (SSSR count). The molecule has 2 aliphatic heterocycles. The number of aliphatic hydroxyl groups is 2. The van der Waals surface area contributed by atoms with Crippen molar-refractivity contribution in [2.24, 2.45) is 0 Å². The summed E-state index contributed by atoms with van der Waals surface area (Å²) in [5.41, 5.74) is 6.14. The number of nitrogens with zero attached hydrogens (tertiary/aromatic N) is 7. The van der Waals surface area contributed by atoms with Crippen LogP contribution in [0.2, 0.25) is 0 Å². The summed E-state index contributed by atoms with van der Waals surface area (Å²) in [7, 11) is 0. The lowest BCUT2D eigenvalue weighted by Gasteiger charge is -2.33. The van der Waals surface area contributed by atoms with Crippen molar-refractivity contribution in [2.45, 2.75) is 12.1 Å². The number of anilines is 2. The lowest BCUT2D eigenvalue weighted by atomic mass is 10.0. The van der Waals surface area contributed by atoms with E-state index in [9.17, 15) is 10.2 Å². The van der Waals surface area contributed by atoms with Crippen LogP contribution < -0.4 is 10.6 Å². The molecular weight excluding hydrogens is 392 g/mol. The van der Waals surface area contributed by atoms with Gasteiger partial charge in [0.15, 0.2) is 28.4 Å². The molecular formula is C18H22N8O4. The first-order chi connectivity index (χ1) is 14.6. The van der Waals surface area contributed by atoms with Gasteiger partial charge in [0.1, 0.15) is 5.82 Å². The van der Waals surface area contributed by atoms with Gasteiger partial charge in [0, 0.05) is 32.0 Å². The molecule has 0 bridgehead atoms. The molecule has 4 N–H and O–H groups in total. The molecule has 30 heavy (non-hydrogen) atoms. The molecule has 0 saturated carbocycles. The number of ether oxygens (including phenoxy) is 2. The van der Waals surface area contributed by atoms with Crippen molar-refractivity contribution in [1.29, 1.82) is 0 Å². The molecule has 158 valence electrons. The highest BCUT2D eigenvalue weighted by atomic mass is 16.5. The fourth-order valence-electron chi connectivity index (χ4n) is 3.80. The first-order valence-corrected chi connectivity index (χ1v) is 9.70. The molecule has 3 aromatic heterocycles. The molecule has 0 amide bonds. The lowest BCUT2D eigenvalue weighted by molar-refractivity contribution is -0.136. The van der Waals surface area contributed by atoms with Gasteiger partial charge in [-0.15, -0.1) is 0 Å². The van der Waals surface area contributed by atoms with Crippen LogP contribution in [0, 0.1) is 0 Å². The van der Waals surface area contributed by atoms with Crippen LogP contribution in [-0.4, -0.2) is 85.8 Å². The Balaban J connectivity index is 1.75. The van der Waals surface area contributed by atoms with Crippen LogP contribution >= 0.6 is 0 Å². The average molecular weight is 414 g/mol. The molecule has 1 saturated heterocycles. The molecule has 12 heteroatoms. The van der Waals surface area contributed by atoms with Crippen molar-refractivity contribution in [1.82, 2.24) is 29.5 Å². The second-order valence-electron chi connectivity index (χ2n) is 7.22. The van der Waals surface area contributed by atoms with Gasteiger partial charge in [-0.3, -0.25) is 0 Å². The molecule has 0 atom stereocenters. The topological polar surface area (TPSA) is 158 Å². The van der Waals surface area contributed by atoms with Crippen molar-refractivity contribution in [3.05, 3.63) is 18.2 Å². The number of hydrogen-bond donors (Lipinski definition) is 3. The maximum absolute atomic E-state index is 9.96. The molecule has 0 aromatic carbocycles. The van der Waals surface area contributed by atoms with E-state index in [1.54, 1.807) is 12.4 Å². The van der Waals surface area contributed by atoms with Gasteiger partial charge in [-0.05, 0) is 0 Å². The smallest absolute Gasteiger partial charge is 0.219 e. The number of rotatable bonds is 4. The molecule has 0 aliphatic carbocycles. The zero-order valence-corrected chi connectivity index (χ0v) is 16.2. The van der Waals surface area contributed by atoms with E-state index in [1.807, 2.05) is 4.57 Å². The zero-order valence-electron chi connectivity index (χ0n) is 16.2. The highest BCUT2D eigenvalue weighted by Gasteiger charge is 2.41. The number of aromatic nitrogens is 6. The van der Waals surface area contributed by atoms with Crippen LogP contribution in [0.3, 0.4) is 0 Å². The summed E-state index contributed by atoms with van der Waals surface area (Å²) in [6.07, 6.45) is 3.16. The summed E-state index contributed by atoms with van der Waals surface area (Å²) in [6, 6.07) is 0. The van der Waals surface area contributed by atoms with Crippen LogP contribution in [0.25, 0.3) is 22.6 Å². The standard InChI is InChI=1S/C18H22N8O4/c19-17-20-7-11(8-21-17)13-23-14(25-1-4-29-5-2-25)12-15(24-13)26-3-6-30-18(9-27,10-28)16(26)22-12/h7-8,27-28H,1-6,9-10H2,(H2,19,20,21). The van der Waals surface area contributed by atoms with Crippen LogP contribution in [0.1, 0.15) is 5.82 Å². The summed E-state index contributed by atoms with van der Waals surface area (Å²) < 4.78 is 13.1. The minimum absolute atomic E-state index is 0.169. The van der Waals surface area contributed by atoms with Gasteiger partial charge in [0.05, 0.1) is 38.6 Å². The molecule has 2 aliphatic rings. The van der Waals surface area contributed by atoms with E-state index in [4.69, 9.17) is 30.2 Å². The van der Waals surface area contributed by atoms with E-state index < -0.39 is 18.8 Å². The SMILES string of the molecule is Nc1ncc(-c2nc(N3CCOCC3)c3nc4n(c3n2)CCOC4(CO)CO)cn1. The summed E-state index contributed by atoms with van der Waals surface area (Å²) in [4.78, 5) is 24.4. The Bertz CT molecular complexity index is 1060. The Morgan fingerprint density at radius 2 is 1.73 bits per heavy atom. The van der Waals surface area contributed by atoms with E-state index in [0.29, 0.717) is 73.6 Å². The summed E-state index contributed by atoms with van der Waals surface area (Å²) in [6.45, 7) is 2.50. The van der Waals surface area contributed by atoms with Crippen LogP contribution in [0.4, 0.5) is 11.8 Å². The fourth-order valence-corrected chi connectivity index (χ4v) is 3.80. The Morgan fingerprint density at radius 3 is 2.43 bits per heavy atom. The number of imidazole rings is 1. The third-order valence-corrected chi connectivity index (χ3v) is 5.43. The quantitative estimate of drug-likeness (QED) is 0.476. The number of hydrogen-bond acceptors (Lipinski definition) is 11. The van der Waals surface area contributed by atoms with Gasteiger partial charge in [-0.1, -0.05) is 0 Å². The van der Waals surface area contributed by atoms with Crippen LogP contribution in [0.15, 0.2) is 12.4 Å². The number of nitrogens with two attached hydrogens (primary N) is 1. The summed E-state index contributed by atoms with van der Waals surface area (Å²) in [5.74, 6) is 1.70. The molecule has 0 radical (unpaired) electrons. The van der Waals surface area contributed by atoms with Gasteiger partial charge in [0.25, 0.3) is 0 Å². The summed E-state index contributed by atoms with van der Waals surface area (Å²) >= 11 is 0. The molecule has 5 heterocycles. The van der Waals surface area contributed by atoms with E-state index in [0.717, 1.165) is 0 Å². The maximum atomic E-state index is 9.96. The van der Waals surface area contributed by atoms with Crippen LogP contribution in [-0.2, 0) is 21.6 Å². The predicted octanol–water partition coefficient (Wildman–Crippen LogP) is -1.09. The summed E-state index contributed by atoms with van der Waals surface area (Å²) in [5, 5.41) is 19.9. The Kier molecular flexibility index (Phi) is 4.70. The number of morpholine rings is 1. The monoisotopic (exact) mass is 414 g/mol. The number of fused-ring (bicyclic) bond motifs is 3. The lowest BCUT2D eigenvalue weighted by Crippen LogP contribution is -2.44. The first-order valence-electron chi connectivity index (χ1n) is 9.70. The minimum atomic E-state index is -1.29. The van der Waals surface area contributed by atoms with Crippen molar-refractivity contribution >= 4 is 22.9 Å². The molecule has 0 spiro atoms. The number of nitrogen functional groups attached to an aromatic ring is 1. The molecule has 1 fully saturated rings. The van der Waals surface area contributed by atoms with Crippen molar-refractivity contribution in [2.75, 3.05) is 56.8 Å². The second-order valence-corrected chi connectivity index (χ2v) is 7.22.